The molecule has 0 heterocycles. The first kappa shape index (κ1) is 12.3. The molecule has 0 aromatic carbocycles. The molecule has 0 atom stereocenters. The fraction of sp³-hybridized carbons (Fsp3) is 0.909. The molecule has 0 spiro atoms. The zero-order chi connectivity index (χ0) is 11.3. The highest BCUT2D eigenvalue weighted by atomic mass is 16.3. The Morgan fingerprint density at radius 3 is 2.40 bits per heavy atom. The third-order valence-electron chi connectivity index (χ3n) is 3.24. The standard InChI is InChI=1S/C11H22N2O2/c1-3-9(4-2)13-10(15)12-7-11(8-14)5-6-11/h9,14H,3-8H2,1-2H3,(H2,12,13,15). The summed E-state index contributed by atoms with van der Waals surface area (Å²) in [5.74, 6) is 0. The van der Waals surface area contributed by atoms with Gasteiger partial charge in [0, 0.05) is 18.0 Å². The Labute approximate surface area is 91.4 Å². The minimum absolute atomic E-state index is 0.00866. The number of hydrogen-bond donors (Lipinski definition) is 3. The Kier molecular flexibility index (Phi) is 4.39. The molecular weight excluding hydrogens is 192 g/mol. The van der Waals surface area contributed by atoms with Crippen LogP contribution in [0.3, 0.4) is 0 Å². The highest BCUT2D eigenvalue weighted by Crippen LogP contribution is 2.44. The summed E-state index contributed by atoms with van der Waals surface area (Å²) in [7, 11) is 0. The second-order valence-electron chi connectivity index (χ2n) is 4.50. The van der Waals surface area contributed by atoms with Crippen molar-refractivity contribution >= 4 is 6.03 Å². The number of aliphatic hydroxyl groups excluding tert-OH is 1. The fourth-order valence-electron chi connectivity index (χ4n) is 1.56. The van der Waals surface area contributed by atoms with Crippen molar-refractivity contribution in [2.24, 2.45) is 5.41 Å². The average Bonchev–Trinajstić information content (AvgIpc) is 3.04. The largest absolute Gasteiger partial charge is 0.396 e. The van der Waals surface area contributed by atoms with Crippen molar-refractivity contribution in [1.29, 1.82) is 0 Å². The van der Waals surface area contributed by atoms with E-state index < -0.39 is 0 Å². The number of aliphatic hydroxyl groups is 1. The number of amides is 2. The molecule has 0 saturated heterocycles. The molecule has 1 aliphatic rings. The number of carbonyl (C=O) groups excluding carboxylic acids is 1. The molecule has 1 aliphatic carbocycles. The van der Waals surface area contributed by atoms with Gasteiger partial charge < -0.3 is 15.7 Å². The second kappa shape index (κ2) is 5.35. The Bertz CT molecular complexity index is 211. The summed E-state index contributed by atoms with van der Waals surface area (Å²) in [6, 6.07) is 0.151. The third-order valence-corrected chi connectivity index (χ3v) is 3.24. The van der Waals surface area contributed by atoms with Crippen LogP contribution in [0, 0.1) is 5.41 Å². The van der Waals surface area contributed by atoms with Gasteiger partial charge in [-0.15, -0.1) is 0 Å². The fourth-order valence-corrected chi connectivity index (χ4v) is 1.56. The van der Waals surface area contributed by atoms with Crippen LogP contribution in [0.15, 0.2) is 0 Å². The van der Waals surface area contributed by atoms with Crippen LogP contribution < -0.4 is 10.6 Å². The maximum atomic E-state index is 11.5. The predicted molar refractivity (Wildman–Crippen MR) is 59.7 cm³/mol. The summed E-state index contributed by atoms with van der Waals surface area (Å²) in [5.41, 5.74) is -0.00866. The Balaban J connectivity index is 2.18. The molecule has 0 aromatic heterocycles. The van der Waals surface area contributed by atoms with E-state index in [0.717, 1.165) is 25.7 Å². The lowest BCUT2D eigenvalue weighted by atomic mass is 10.1. The van der Waals surface area contributed by atoms with Crippen LogP contribution in [-0.2, 0) is 0 Å². The van der Waals surface area contributed by atoms with Crippen molar-refractivity contribution in [2.45, 2.75) is 45.6 Å². The molecule has 0 radical (unpaired) electrons. The zero-order valence-corrected chi connectivity index (χ0v) is 9.68. The number of rotatable bonds is 6. The summed E-state index contributed by atoms with van der Waals surface area (Å²) < 4.78 is 0. The molecule has 0 aromatic rings. The summed E-state index contributed by atoms with van der Waals surface area (Å²) >= 11 is 0. The maximum absolute atomic E-state index is 11.5. The number of nitrogens with one attached hydrogen (secondary N) is 2. The second-order valence-corrected chi connectivity index (χ2v) is 4.50. The lowest BCUT2D eigenvalue weighted by molar-refractivity contribution is 0.201. The molecule has 0 unspecified atom stereocenters. The lowest BCUT2D eigenvalue weighted by Crippen LogP contribution is -2.44. The first-order valence-corrected chi connectivity index (χ1v) is 5.81. The van der Waals surface area contributed by atoms with Gasteiger partial charge in [-0.25, -0.2) is 4.79 Å². The molecule has 1 saturated carbocycles. The van der Waals surface area contributed by atoms with Gasteiger partial charge in [-0.1, -0.05) is 13.8 Å². The molecular formula is C11H22N2O2. The van der Waals surface area contributed by atoms with Crippen molar-refractivity contribution in [3.63, 3.8) is 0 Å². The summed E-state index contributed by atoms with van der Waals surface area (Å²) in [6.45, 7) is 4.89. The van der Waals surface area contributed by atoms with Crippen LogP contribution in [0.4, 0.5) is 4.79 Å². The molecule has 0 bridgehead atoms. The first-order valence-electron chi connectivity index (χ1n) is 5.81. The van der Waals surface area contributed by atoms with Gasteiger partial charge in [0.2, 0.25) is 0 Å². The van der Waals surface area contributed by atoms with E-state index in [1.807, 2.05) is 0 Å². The van der Waals surface area contributed by atoms with Gasteiger partial charge in [0.1, 0.15) is 0 Å². The molecule has 4 nitrogen and oxygen atoms in total. The van der Waals surface area contributed by atoms with Crippen LogP contribution in [0.2, 0.25) is 0 Å². The SMILES string of the molecule is CCC(CC)NC(=O)NCC1(CO)CC1. The molecule has 2 amide bonds. The van der Waals surface area contributed by atoms with E-state index in [1.165, 1.54) is 0 Å². The van der Waals surface area contributed by atoms with Gasteiger partial charge in [0.25, 0.3) is 0 Å². The number of urea groups is 1. The van der Waals surface area contributed by atoms with Crippen LogP contribution in [0.25, 0.3) is 0 Å². The van der Waals surface area contributed by atoms with Crippen molar-refractivity contribution in [2.75, 3.05) is 13.2 Å². The quantitative estimate of drug-likeness (QED) is 0.623. The minimum atomic E-state index is -0.108. The predicted octanol–water partition coefficient (Wildman–Crippen LogP) is 1.25. The zero-order valence-electron chi connectivity index (χ0n) is 9.68. The van der Waals surface area contributed by atoms with Crippen molar-refractivity contribution < 1.29 is 9.90 Å². The summed E-state index contributed by atoms with van der Waals surface area (Å²) in [4.78, 5) is 11.5. The molecule has 15 heavy (non-hydrogen) atoms. The lowest BCUT2D eigenvalue weighted by Gasteiger charge is -2.17. The van der Waals surface area contributed by atoms with Gasteiger partial charge in [-0.05, 0) is 25.7 Å². The van der Waals surface area contributed by atoms with E-state index in [9.17, 15) is 4.79 Å². The molecule has 1 rings (SSSR count). The van der Waals surface area contributed by atoms with Crippen molar-refractivity contribution in [3.05, 3.63) is 0 Å². The summed E-state index contributed by atoms with van der Waals surface area (Å²) in [5, 5.41) is 14.8. The van der Waals surface area contributed by atoms with Gasteiger partial charge in [0.15, 0.2) is 0 Å². The van der Waals surface area contributed by atoms with Crippen molar-refractivity contribution in [1.82, 2.24) is 10.6 Å². The highest BCUT2D eigenvalue weighted by molar-refractivity contribution is 5.74. The van der Waals surface area contributed by atoms with Gasteiger partial charge in [-0.2, -0.15) is 0 Å². The average molecular weight is 214 g/mol. The van der Waals surface area contributed by atoms with E-state index in [2.05, 4.69) is 24.5 Å². The molecule has 3 N–H and O–H groups in total. The Hall–Kier alpha value is -0.770. The van der Waals surface area contributed by atoms with Gasteiger partial charge in [-0.3, -0.25) is 0 Å². The van der Waals surface area contributed by atoms with E-state index in [4.69, 9.17) is 5.11 Å². The summed E-state index contributed by atoms with van der Waals surface area (Å²) in [6.07, 6.45) is 3.95. The van der Waals surface area contributed by atoms with Crippen LogP contribution in [-0.4, -0.2) is 30.3 Å². The Morgan fingerprint density at radius 2 is 2.00 bits per heavy atom. The van der Waals surface area contributed by atoms with Crippen LogP contribution >= 0.6 is 0 Å². The number of carbonyl (C=O) groups is 1. The topological polar surface area (TPSA) is 61.4 Å². The monoisotopic (exact) mass is 214 g/mol. The van der Waals surface area contributed by atoms with E-state index in [0.29, 0.717) is 6.54 Å². The first-order chi connectivity index (χ1) is 7.15. The molecule has 4 heteroatoms. The van der Waals surface area contributed by atoms with Crippen molar-refractivity contribution in [3.8, 4) is 0 Å². The molecule has 1 fully saturated rings. The van der Waals surface area contributed by atoms with E-state index in [-0.39, 0.29) is 24.1 Å². The molecule has 88 valence electrons. The van der Waals surface area contributed by atoms with Gasteiger partial charge >= 0.3 is 6.03 Å². The normalized spacial score (nSPS) is 17.6. The maximum Gasteiger partial charge on any atom is 0.315 e. The highest BCUT2D eigenvalue weighted by Gasteiger charge is 2.42. The Morgan fingerprint density at radius 1 is 1.40 bits per heavy atom. The van der Waals surface area contributed by atoms with Crippen LogP contribution in [0.5, 0.6) is 0 Å². The third kappa shape index (κ3) is 3.70. The number of hydrogen-bond acceptors (Lipinski definition) is 2. The minimum Gasteiger partial charge on any atom is -0.396 e. The smallest absolute Gasteiger partial charge is 0.315 e. The van der Waals surface area contributed by atoms with E-state index in [1.54, 1.807) is 0 Å². The molecule has 0 aliphatic heterocycles. The van der Waals surface area contributed by atoms with E-state index >= 15 is 0 Å². The van der Waals surface area contributed by atoms with Crippen LogP contribution in [0.1, 0.15) is 39.5 Å². The van der Waals surface area contributed by atoms with Gasteiger partial charge in [0.05, 0.1) is 6.61 Å².